The molecule has 0 radical (unpaired) electrons. The van der Waals surface area contributed by atoms with Crippen molar-refractivity contribution in [3.8, 4) is 0 Å². The molecule has 0 amide bonds. The summed E-state index contributed by atoms with van der Waals surface area (Å²) in [7, 11) is 2.06. The van der Waals surface area contributed by atoms with Gasteiger partial charge in [-0.1, -0.05) is 6.07 Å². The van der Waals surface area contributed by atoms with Crippen LogP contribution in [0.4, 0.5) is 10.1 Å². The number of fused-ring (bicyclic) bond motifs is 1. The molecule has 3 aromatic heterocycles. The van der Waals surface area contributed by atoms with Crippen LogP contribution in [-0.2, 0) is 19.5 Å². The zero-order valence-corrected chi connectivity index (χ0v) is 22.1. The van der Waals surface area contributed by atoms with Gasteiger partial charge in [-0.05, 0) is 68.8 Å². The molecule has 1 saturated heterocycles. The molecule has 0 atom stereocenters. The van der Waals surface area contributed by atoms with E-state index in [1.807, 2.05) is 36.2 Å². The number of halogens is 1. The summed E-state index contributed by atoms with van der Waals surface area (Å²) in [6.45, 7) is 6.91. The average molecular weight is 516 g/mol. The van der Waals surface area contributed by atoms with Crippen LogP contribution in [0.15, 0.2) is 70.4 Å². The van der Waals surface area contributed by atoms with Crippen molar-refractivity contribution in [2.45, 2.75) is 32.9 Å². The summed E-state index contributed by atoms with van der Waals surface area (Å²) in [4.78, 5) is 28.4. The van der Waals surface area contributed by atoms with E-state index >= 15 is 4.39 Å². The van der Waals surface area contributed by atoms with Crippen molar-refractivity contribution >= 4 is 16.7 Å². The fourth-order valence-electron chi connectivity index (χ4n) is 5.06. The number of hydrogen-bond donors (Lipinski definition) is 0. The maximum Gasteiger partial charge on any atom is 0.197 e. The summed E-state index contributed by atoms with van der Waals surface area (Å²) >= 11 is 0. The SMILES string of the molecule is Cc1oc2cc(N3CCN(C)CC3)c(F)cc2c(=O)c1CN(CCCc1cccnc1)Cc1ccncc1. The van der Waals surface area contributed by atoms with E-state index in [1.54, 1.807) is 24.7 Å². The molecule has 8 heteroatoms. The molecule has 1 aromatic carbocycles. The highest BCUT2D eigenvalue weighted by molar-refractivity contribution is 5.81. The molecule has 0 unspecified atom stereocenters. The van der Waals surface area contributed by atoms with Gasteiger partial charge < -0.3 is 14.2 Å². The van der Waals surface area contributed by atoms with Crippen LogP contribution in [0, 0.1) is 12.7 Å². The van der Waals surface area contributed by atoms with E-state index in [4.69, 9.17) is 4.42 Å². The molecule has 38 heavy (non-hydrogen) atoms. The second-order valence-electron chi connectivity index (χ2n) is 10.1. The van der Waals surface area contributed by atoms with E-state index in [-0.39, 0.29) is 11.2 Å². The number of nitrogens with zero attached hydrogens (tertiary/aromatic N) is 5. The van der Waals surface area contributed by atoms with Crippen LogP contribution in [0.25, 0.3) is 11.0 Å². The van der Waals surface area contributed by atoms with Crippen LogP contribution in [0.1, 0.15) is 28.9 Å². The van der Waals surface area contributed by atoms with Crippen LogP contribution in [0.3, 0.4) is 0 Å². The fraction of sp³-hybridized carbons (Fsp3) is 0.367. The highest BCUT2D eigenvalue weighted by atomic mass is 19.1. The second-order valence-corrected chi connectivity index (χ2v) is 10.1. The zero-order chi connectivity index (χ0) is 26.5. The third-order valence-corrected chi connectivity index (χ3v) is 7.30. The minimum absolute atomic E-state index is 0.167. The van der Waals surface area contributed by atoms with Gasteiger partial charge in [0.15, 0.2) is 5.43 Å². The van der Waals surface area contributed by atoms with Crippen LogP contribution in [0.5, 0.6) is 0 Å². The molecule has 4 aromatic rings. The molecule has 1 fully saturated rings. The quantitative estimate of drug-likeness (QED) is 0.327. The van der Waals surface area contributed by atoms with E-state index in [2.05, 4.69) is 32.9 Å². The molecule has 1 aliphatic heterocycles. The predicted octanol–water partition coefficient (Wildman–Crippen LogP) is 4.42. The zero-order valence-electron chi connectivity index (χ0n) is 22.1. The van der Waals surface area contributed by atoms with Crippen LogP contribution in [0.2, 0.25) is 0 Å². The Kier molecular flexibility index (Phi) is 8.10. The number of benzene rings is 1. The minimum atomic E-state index is -0.380. The molecule has 1 aliphatic rings. The number of aryl methyl sites for hydroxylation is 2. The highest BCUT2D eigenvalue weighted by Crippen LogP contribution is 2.27. The third-order valence-electron chi connectivity index (χ3n) is 7.30. The summed E-state index contributed by atoms with van der Waals surface area (Å²) in [6, 6.07) is 11.0. The summed E-state index contributed by atoms with van der Waals surface area (Å²) in [6.07, 6.45) is 9.03. The van der Waals surface area contributed by atoms with Crippen molar-refractivity contribution in [1.82, 2.24) is 19.8 Å². The molecule has 0 bridgehead atoms. The van der Waals surface area contributed by atoms with Gasteiger partial charge in [-0.3, -0.25) is 19.7 Å². The van der Waals surface area contributed by atoms with E-state index < -0.39 is 0 Å². The Bertz CT molecular complexity index is 1420. The number of anilines is 1. The molecule has 0 saturated carbocycles. The van der Waals surface area contributed by atoms with Gasteiger partial charge in [-0.25, -0.2) is 4.39 Å². The van der Waals surface area contributed by atoms with E-state index in [0.717, 1.165) is 51.1 Å². The molecule has 7 nitrogen and oxygen atoms in total. The normalized spacial score (nSPS) is 14.5. The maximum atomic E-state index is 15.2. The Morgan fingerprint density at radius 3 is 2.53 bits per heavy atom. The minimum Gasteiger partial charge on any atom is -0.461 e. The number of piperazine rings is 1. The monoisotopic (exact) mass is 515 g/mol. The van der Waals surface area contributed by atoms with Crippen molar-refractivity contribution in [2.75, 3.05) is 44.7 Å². The molecule has 5 rings (SSSR count). The predicted molar refractivity (Wildman–Crippen MR) is 148 cm³/mol. The van der Waals surface area contributed by atoms with Gasteiger partial charge in [0.2, 0.25) is 0 Å². The molecular weight excluding hydrogens is 481 g/mol. The number of rotatable bonds is 9. The van der Waals surface area contributed by atoms with E-state index in [0.29, 0.717) is 41.1 Å². The Morgan fingerprint density at radius 2 is 1.79 bits per heavy atom. The lowest BCUT2D eigenvalue weighted by Crippen LogP contribution is -2.44. The lowest BCUT2D eigenvalue weighted by atomic mass is 10.1. The van der Waals surface area contributed by atoms with Crippen molar-refractivity contribution in [3.05, 3.63) is 99.7 Å². The molecular formula is C30H34FN5O2. The lowest BCUT2D eigenvalue weighted by molar-refractivity contribution is 0.250. The number of hydrogen-bond acceptors (Lipinski definition) is 7. The first-order valence-electron chi connectivity index (χ1n) is 13.2. The van der Waals surface area contributed by atoms with Gasteiger partial charge >= 0.3 is 0 Å². The Balaban J connectivity index is 1.40. The fourth-order valence-corrected chi connectivity index (χ4v) is 5.06. The first-order chi connectivity index (χ1) is 18.5. The lowest BCUT2D eigenvalue weighted by Gasteiger charge is -2.34. The van der Waals surface area contributed by atoms with Crippen molar-refractivity contribution < 1.29 is 8.81 Å². The van der Waals surface area contributed by atoms with Crippen molar-refractivity contribution in [3.63, 3.8) is 0 Å². The van der Waals surface area contributed by atoms with Crippen molar-refractivity contribution in [1.29, 1.82) is 0 Å². The molecule has 0 N–H and O–H groups in total. The van der Waals surface area contributed by atoms with E-state index in [1.165, 1.54) is 11.6 Å². The Labute approximate surface area is 222 Å². The maximum absolute atomic E-state index is 15.2. The van der Waals surface area contributed by atoms with Crippen molar-refractivity contribution in [2.24, 2.45) is 0 Å². The van der Waals surface area contributed by atoms with Crippen LogP contribution >= 0.6 is 0 Å². The van der Waals surface area contributed by atoms with Crippen LogP contribution in [-0.4, -0.2) is 59.5 Å². The number of aromatic nitrogens is 2. The van der Waals surface area contributed by atoms with E-state index in [9.17, 15) is 4.79 Å². The number of pyridine rings is 2. The first kappa shape index (κ1) is 26.0. The van der Waals surface area contributed by atoms with Gasteiger partial charge in [0.1, 0.15) is 17.2 Å². The van der Waals surface area contributed by atoms with Gasteiger partial charge in [-0.2, -0.15) is 0 Å². The van der Waals surface area contributed by atoms with Gasteiger partial charge in [-0.15, -0.1) is 0 Å². The topological polar surface area (TPSA) is 65.7 Å². The van der Waals surface area contributed by atoms with Crippen LogP contribution < -0.4 is 10.3 Å². The number of likely N-dealkylation sites (N-methyl/N-ethyl adjacent to an activating group) is 1. The first-order valence-corrected chi connectivity index (χ1v) is 13.2. The summed E-state index contributed by atoms with van der Waals surface area (Å²) in [5, 5.41) is 0.292. The third kappa shape index (κ3) is 6.09. The molecule has 198 valence electrons. The largest absolute Gasteiger partial charge is 0.461 e. The summed E-state index contributed by atoms with van der Waals surface area (Å²) in [5.74, 6) is 0.194. The standard InChI is InChI=1S/C30H34FN5O2/c1-22-26(21-35(20-24-7-10-32-11-8-24)12-4-6-23-5-3-9-33-19-23)30(37)25-17-27(31)28(18-29(25)38-22)36-15-13-34(2)14-16-36/h3,5,7-11,17-19H,4,6,12-16,20-21H2,1-2H3. The molecule has 0 spiro atoms. The van der Waals surface area contributed by atoms with Gasteiger partial charge in [0.25, 0.3) is 0 Å². The smallest absolute Gasteiger partial charge is 0.197 e. The summed E-state index contributed by atoms with van der Waals surface area (Å²) in [5.41, 5.74) is 3.63. The molecule has 4 heterocycles. The van der Waals surface area contributed by atoms with Gasteiger partial charge in [0.05, 0.1) is 16.6 Å². The Morgan fingerprint density at radius 1 is 1.00 bits per heavy atom. The average Bonchev–Trinajstić information content (AvgIpc) is 2.93. The highest BCUT2D eigenvalue weighted by Gasteiger charge is 2.21. The van der Waals surface area contributed by atoms with Gasteiger partial charge in [0, 0.05) is 70.1 Å². The molecule has 0 aliphatic carbocycles. The summed E-state index contributed by atoms with van der Waals surface area (Å²) < 4.78 is 21.4. The Hall–Kier alpha value is -3.62. The second kappa shape index (κ2) is 11.8.